The first-order chi connectivity index (χ1) is 9.80. The number of amides is 1. The molecule has 1 fully saturated rings. The lowest BCUT2D eigenvalue weighted by Crippen LogP contribution is -2.42. The number of nitrogens with zero attached hydrogens (tertiary/aromatic N) is 2. The summed E-state index contributed by atoms with van der Waals surface area (Å²) in [6, 6.07) is 0. The molecule has 0 aliphatic carbocycles. The van der Waals surface area contributed by atoms with E-state index in [0.29, 0.717) is 26.2 Å². The molecule has 1 rings (SSSR count). The quantitative estimate of drug-likeness (QED) is 0.619. The molecule has 1 atom stereocenters. The molecule has 0 aromatic rings. The summed E-state index contributed by atoms with van der Waals surface area (Å²) in [6.07, 6.45) is 3.23. The Morgan fingerprint density at radius 3 is 2.52 bits per heavy atom. The van der Waals surface area contributed by atoms with Crippen molar-refractivity contribution in [3.05, 3.63) is 0 Å². The maximum atomic E-state index is 11.8. The van der Waals surface area contributed by atoms with E-state index in [1.54, 1.807) is 0 Å². The van der Waals surface area contributed by atoms with E-state index in [0.717, 1.165) is 25.8 Å². The van der Waals surface area contributed by atoms with Crippen LogP contribution in [-0.4, -0.2) is 82.8 Å². The smallest absolute Gasteiger partial charge is 0.249 e. The molecule has 1 heterocycles. The second kappa shape index (κ2) is 8.67. The predicted molar refractivity (Wildman–Crippen MR) is 81.6 cm³/mol. The average Bonchev–Trinajstić information content (AvgIpc) is 2.88. The summed E-state index contributed by atoms with van der Waals surface area (Å²) in [5.41, 5.74) is 0. The number of hydrogen-bond acceptors (Lipinski definition) is 5. The van der Waals surface area contributed by atoms with Crippen molar-refractivity contribution in [2.75, 3.05) is 53.1 Å². The molecular formula is C13H27N3O4S. The van der Waals surface area contributed by atoms with Crippen LogP contribution < -0.4 is 5.32 Å². The van der Waals surface area contributed by atoms with E-state index in [4.69, 9.17) is 4.74 Å². The van der Waals surface area contributed by atoms with Crippen LogP contribution in [0.1, 0.15) is 19.3 Å². The van der Waals surface area contributed by atoms with Crippen molar-refractivity contribution in [3.63, 3.8) is 0 Å². The molecule has 0 aromatic heterocycles. The van der Waals surface area contributed by atoms with Crippen molar-refractivity contribution in [2.24, 2.45) is 0 Å². The maximum Gasteiger partial charge on any atom is 0.249 e. The Kier molecular flexibility index (Phi) is 7.58. The number of rotatable bonds is 9. The number of carbonyl (C=O) groups excluding carboxylic acids is 1. The Hall–Kier alpha value is -0.700. The van der Waals surface area contributed by atoms with Gasteiger partial charge >= 0.3 is 0 Å². The van der Waals surface area contributed by atoms with Gasteiger partial charge < -0.3 is 15.0 Å². The molecule has 0 bridgehead atoms. The Morgan fingerprint density at radius 2 is 2.00 bits per heavy atom. The van der Waals surface area contributed by atoms with Crippen LogP contribution >= 0.6 is 0 Å². The highest BCUT2D eigenvalue weighted by atomic mass is 32.2. The van der Waals surface area contributed by atoms with E-state index in [2.05, 4.69) is 5.32 Å². The molecule has 7 nitrogen and oxygen atoms in total. The fourth-order valence-corrected chi connectivity index (χ4v) is 3.09. The highest BCUT2D eigenvalue weighted by Crippen LogP contribution is 2.11. The third-order valence-corrected chi connectivity index (χ3v) is 4.67. The summed E-state index contributed by atoms with van der Waals surface area (Å²) in [5.74, 6) is -0.144. The van der Waals surface area contributed by atoms with Crippen LogP contribution in [0.4, 0.5) is 0 Å². The first-order valence-corrected chi connectivity index (χ1v) is 9.14. The Morgan fingerprint density at radius 1 is 1.29 bits per heavy atom. The van der Waals surface area contributed by atoms with Gasteiger partial charge in [0.25, 0.3) is 0 Å². The molecule has 124 valence electrons. The summed E-state index contributed by atoms with van der Waals surface area (Å²) in [7, 11) is 0.654. The molecule has 0 aromatic carbocycles. The predicted octanol–water partition coefficient (Wildman–Crippen LogP) is -0.505. The third kappa shape index (κ3) is 7.21. The molecule has 1 unspecified atom stereocenters. The molecule has 8 heteroatoms. The van der Waals surface area contributed by atoms with Crippen LogP contribution in [0.2, 0.25) is 0 Å². The number of carbonyl (C=O) groups is 1. The van der Waals surface area contributed by atoms with Gasteiger partial charge in [0, 0.05) is 26.2 Å². The van der Waals surface area contributed by atoms with Gasteiger partial charge in [-0.25, -0.2) is 12.7 Å². The zero-order chi connectivity index (χ0) is 15.9. The van der Waals surface area contributed by atoms with Crippen molar-refractivity contribution >= 4 is 15.9 Å². The number of hydrogen-bond donors (Lipinski definition) is 1. The van der Waals surface area contributed by atoms with Crippen LogP contribution in [0.3, 0.4) is 0 Å². The van der Waals surface area contributed by atoms with E-state index >= 15 is 0 Å². The standard InChI is InChI=1S/C13H27N3O4S/c1-15(2)8-5-9-16(21(3,18)19)10-7-14-13(17)12-6-4-11-20-12/h12H,4-11H2,1-3H3,(H,14,17). The van der Waals surface area contributed by atoms with E-state index in [1.165, 1.54) is 10.6 Å². The molecule has 1 amide bonds. The SMILES string of the molecule is CN(C)CCCN(CCNC(=O)C1CCCO1)S(C)(=O)=O. The van der Waals surface area contributed by atoms with Gasteiger partial charge in [0.2, 0.25) is 15.9 Å². The maximum absolute atomic E-state index is 11.8. The fraction of sp³-hybridized carbons (Fsp3) is 0.923. The Labute approximate surface area is 127 Å². The highest BCUT2D eigenvalue weighted by Gasteiger charge is 2.23. The summed E-state index contributed by atoms with van der Waals surface area (Å²) >= 11 is 0. The van der Waals surface area contributed by atoms with Crippen molar-refractivity contribution in [2.45, 2.75) is 25.4 Å². The lowest BCUT2D eigenvalue weighted by Gasteiger charge is -2.21. The first kappa shape index (κ1) is 18.3. The number of sulfonamides is 1. The number of ether oxygens (including phenoxy) is 1. The van der Waals surface area contributed by atoms with Crippen molar-refractivity contribution in [1.82, 2.24) is 14.5 Å². The van der Waals surface area contributed by atoms with E-state index in [1.807, 2.05) is 19.0 Å². The van der Waals surface area contributed by atoms with Crippen LogP contribution in [0.5, 0.6) is 0 Å². The normalized spacial score (nSPS) is 19.4. The minimum Gasteiger partial charge on any atom is -0.368 e. The van der Waals surface area contributed by atoms with Crippen molar-refractivity contribution in [3.8, 4) is 0 Å². The third-order valence-electron chi connectivity index (χ3n) is 3.36. The van der Waals surface area contributed by atoms with Gasteiger partial charge in [-0.05, 0) is 39.9 Å². The summed E-state index contributed by atoms with van der Waals surface area (Å²) in [6.45, 7) is 2.53. The molecule has 1 saturated heterocycles. The van der Waals surface area contributed by atoms with Gasteiger partial charge in [-0.3, -0.25) is 4.79 Å². The first-order valence-electron chi connectivity index (χ1n) is 7.30. The van der Waals surface area contributed by atoms with Gasteiger partial charge in [-0.2, -0.15) is 0 Å². The van der Waals surface area contributed by atoms with Gasteiger partial charge in [-0.1, -0.05) is 0 Å². The lowest BCUT2D eigenvalue weighted by atomic mass is 10.2. The summed E-state index contributed by atoms with van der Waals surface area (Å²) in [4.78, 5) is 13.8. The van der Waals surface area contributed by atoms with E-state index < -0.39 is 10.0 Å². The van der Waals surface area contributed by atoms with Gasteiger partial charge in [0.05, 0.1) is 6.26 Å². The van der Waals surface area contributed by atoms with Gasteiger partial charge in [0.1, 0.15) is 6.10 Å². The zero-order valence-corrected chi connectivity index (χ0v) is 14.0. The molecule has 21 heavy (non-hydrogen) atoms. The Balaban J connectivity index is 2.33. The Bertz CT molecular complexity index is 419. The second-order valence-corrected chi connectivity index (χ2v) is 7.59. The zero-order valence-electron chi connectivity index (χ0n) is 13.2. The summed E-state index contributed by atoms with van der Waals surface area (Å²) < 4.78 is 30.1. The van der Waals surface area contributed by atoms with Crippen molar-refractivity contribution < 1.29 is 17.9 Å². The van der Waals surface area contributed by atoms with Crippen molar-refractivity contribution in [1.29, 1.82) is 0 Å². The topological polar surface area (TPSA) is 79.0 Å². The summed E-state index contributed by atoms with van der Waals surface area (Å²) in [5, 5.41) is 2.75. The second-order valence-electron chi connectivity index (χ2n) is 5.61. The molecular weight excluding hydrogens is 294 g/mol. The van der Waals surface area contributed by atoms with Crippen LogP contribution in [-0.2, 0) is 19.6 Å². The van der Waals surface area contributed by atoms with Crippen LogP contribution in [0, 0.1) is 0 Å². The minimum absolute atomic E-state index is 0.144. The largest absolute Gasteiger partial charge is 0.368 e. The number of nitrogens with one attached hydrogen (secondary N) is 1. The van der Waals surface area contributed by atoms with E-state index in [-0.39, 0.29) is 12.0 Å². The van der Waals surface area contributed by atoms with Crippen LogP contribution in [0.15, 0.2) is 0 Å². The average molecular weight is 321 g/mol. The van der Waals surface area contributed by atoms with Gasteiger partial charge in [0.15, 0.2) is 0 Å². The monoisotopic (exact) mass is 321 g/mol. The molecule has 0 radical (unpaired) electrons. The van der Waals surface area contributed by atoms with Gasteiger partial charge in [-0.15, -0.1) is 0 Å². The highest BCUT2D eigenvalue weighted by molar-refractivity contribution is 7.88. The van der Waals surface area contributed by atoms with E-state index in [9.17, 15) is 13.2 Å². The molecule has 0 spiro atoms. The molecule has 1 aliphatic heterocycles. The molecule has 1 N–H and O–H groups in total. The molecule has 0 saturated carbocycles. The lowest BCUT2D eigenvalue weighted by molar-refractivity contribution is -0.130. The minimum atomic E-state index is -3.25. The molecule has 1 aliphatic rings. The van der Waals surface area contributed by atoms with Crippen LogP contribution in [0.25, 0.3) is 0 Å². The fourth-order valence-electron chi connectivity index (χ4n) is 2.21.